The van der Waals surface area contributed by atoms with Crippen molar-refractivity contribution in [2.45, 2.75) is 20.1 Å². The van der Waals surface area contributed by atoms with Gasteiger partial charge in [0.2, 0.25) is 0 Å². The van der Waals surface area contributed by atoms with E-state index in [9.17, 15) is 4.79 Å². The first-order valence-corrected chi connectivity index (χ1v) is 7.36. The van der Waals surface area contributed by atoms with Crippen molar-refractivity contribution in [2.75, 3.05) is 7.05 Å². The van der Waals surface area contributed by atoms with Gasteiger partial charge < -0.3 is 14.6 Å². The molecule has 23 heavy (non-hydrogen) atoms. The van der Waals surface area contributed by atoms with Gasteiger partial charge in [0, 0.05) is 12.7 Å². The monoisotopic (exact) mass is 310 g/mol. The zero-order chi connectivity index (χ0) is 16.2. The highest BCUT2D eigenvalue weighted by atomic mass is 16.6. The van der Waals surface area contributed by atoms with Crippen molar-refractivity contribution in [1.29, 1.82) is 0 Å². The smallest absolute Gasteiger partial charge is 0.410 e. The predicted octanol–water partition coefficient (Wildman–Crippen LogP) is 3.03. The molecule has 1 aromatic carbocycles. The van der Waals surface area contributed by atoms with E-state index < -0.39 is 6.09 Å². The van der Waals surface area contributed by atoms with Crippen LogP contribution in [0, 0.1) is 6.92 Å². The van der Waals surface area contributed by atoms with E-state index in [2.05, 4.69) is 15.0 Å². The maximum absolute atomic E-state index is 12.0. The third kappa shape index (κ3) is 3.66. The zero-order valence-electron chi connectivity index (χ0n) is 13.1. The fraction of sp³-hybridized carbons (Fsp3) is 0.235. The Morgan fingerprint density at radius 3 is 2.74 bits per heavy atom. The van der Waals surface area contributed by atoms with Crippen molar-refractivity contribution in [3.05, 3.63) is 59.5 Å². The summed E-state index contributed by atoms with van der Waals surface area (Å²) in [7, 11) is 1.68. The molecule has 0 atom stereocenters. The first-order chi connectivity index (χ1) is 11.1. The summed E-state index contributed by atoms with van der Waals surface area (Å²) in [6.07, 6.45) is -0.390. The van der Waals surface area contributed by atoms with Crippen LogP contribution in [0.15, 0.2) is 42.5 Å². The number of carbonyl (C=O) groups is 1. The molecule has 0 radical (unpaired) electrons. The van der Waals surface area contributed by atoms with E-state index in [1.54, 1.807) is 7.05 Å². The van der Waals surface area contributed by atoms with E-state index in [0.29, 0.717) is 18.0 Å². The number of ether oxygens (including phenoxy) is 1. The Balaban J connectivity index is 1.60. The summed E-state index contributed by atoms with van der Waals surface area (Å²) < 4.78 is 5.28. The molecule has 0 saturated heterocycles. The van der Waals surface area contributed by atoms with Crippen LogP contribution in [-0.2, 0) is 17.9 Å². The highest BCUT2D eigenvalue weighted by molar-refractivity contribution is 5.71. The highest BCUT2D eigenvalue weighted by Gasteiger charge is 2.13. The fourth-order valence-electron chi connectivity index (χ4n) is 2.23. The van der Waals surface area contributed by atoms with Crippen LogP contribution in [0.3, 0.4) is 0 Å². The van der Waals surface area contributed by atoms with E-state index in [0.717, 1.165) is 16.8 Å². The van der Waals surface area contributed by atoms with Gasteiger partial charge in [0.15, 0.2) is 5.65 Å². The number of aromatic amines is 1. The fourth-order valence-corrected chi connectivity index (χ4v) is 2.23. The molecule has 1 N–H and O–H groups in total. The van der Waals surface area contributed by atoms with Crippen LogP contribution in [-0.4, -0.2) is 33.0 Å². The standard InChI is InChI=1S/C17H18N4O2/c1-12-8-9-14-16(18-12)20-15(19-14)10-21(2)17(22)23-11-13-6-4-3-5-7-13/h3-9H,10-11H2,1-2H3,(H,18,19,20). The predicted molar refractivity (Wildman–Crippen MR) is 86.7 cm³/mol. The Kier molecular flexibility index (Phi) is 4.23. The maximum atomic E-state index is 12.0. The average molecular weight is 310 g/mol. The molecule has 118 valence electrons. The molecule has 0 saturated carbocycles. The van der Waals surface area contributed by atoms with Crippen molar-refractivity contribution < 1.29 is 9.53 Å². The lowest BCUT2D eigenvalue weighted by atomic mass is 10.2. The van der Waals surface area contributed by atoms with E-state index in [1.807, 2.05) is 49.4 Å². The molecule has 3 rings (SSSR count). The number of nitrogens with one attached hydrogen (secondary N) is 1. The topological polar surface area (TPSA) is 71.1 Å². The molecule has 0 spiro atoms. The van der Waals surface area contributed by atoms with E-state index >= 15 is 0 Å². The summed E-state index contributed by atoms with van der Waals surface area (Å²) in [5.74, 6) is 0.678. The van der Waals surface area contributed by atoms with Crippen LogP contribution >= 0.6 is 0 Å². The molecule has 6 nitrogen and oxygen atoms in total. The molecule has 0 aliphatic carbocycles. The highest BCUT2D eigenvalue weighted by Crippen LogP contribution is 2.11. The number of rotatable bonds is 4. The molecular weight excluding hydrogens is 292 g/mol. The number of imidazole rings is 1. The summed E-state index contributed by atoms with van der Waals surface area (Å²) in [6, 6.07) is 13.4. The minimum absolute atomic E-state index is 0.255. The third-order valence-corrected chi connectivity index (χ3v) is 3.44. The molecule has 3 aromatic rings. The number of aryl methyl sites for hydroxylation is 1. The number of fused-ring (bicyclic) bond motifs is 1. The van der Waals surface area contributed by atoms with E-state index in [4.69, 9.17) is 4.74 Å². The van der Waals surface area contributed by atoms with Gasteiger partial charge in [0.05, 0.1) is 12.1 Å². The van der Waals surface area contributed by atoms with Crippen LogP contribution < -0.4 is 0 Å². The Hall–Kier alpha value is -2.89. The maximum Gasteiger partial charge on any atom is 0.410 e. The quantitative estimate of drug-likeness (QED) is 0.804. The Bertz CT molecular complexity index is 814. The first kappa shape index (κ1) is 15.0. The number of carbonyl (C=O) groups excluding carboxylic acids is 1. The van der Waals surface area contributed by atoms with Gasteiger partial charge in [-0.3, -0.25) is 0 Å². The molecule has 6 heteroatoms. The molecule has 0 unspecified atom stereocenters. The number of benzene rings is 1. The number of amides is 1. The lowest BCUT2D eigenvalue weighted by Crippen LogP contribution is -2.27. The lowest BCUT2D eigenvalue weighted by Gasteiger charge is -2.15. The Morgan fingerprint density at radius 2 is 1.96 bits per heavy atom. The number of hydrogen-bond acceptors (Lipinski definition) is 4. The number of aromatic nitrogens is 3. The zero-order valence-corrected chi connectivity index (χ0v) is 13.1. The van der Waals surface area contributed by atoms with Crippen molar-refractivity contribution >= 4 is 17.3 Å². The van der Waals surface area contributed by atoms with E-state index in [-0.39, 0.29) is 6.61 Å². The average Bonchev–Trinajstić information content (AvgIpc) is 2.94. The third-order valence-electron chi connectivity index (χ3n) is 3.44. The van der Waals surface area contributed by atoms with Crippen molar-refractivity contribution in [1.82, 2.24) is 19.9 Å². The van der Waals surface area contributed by atoms with Crippen molar-refractivity contribution in [3.63, 3.8) is 0 Å². The van der Waals surface area contributed by atoms with Gasteiger partial charge in [-0.05, 0) is 24.6 Å². The van der Waals surface area contributed by atoms with Crippen LogP contribution in [0.25, 0.3) is 11.2 Å². The Morgan fingerprint density at radius 1 is 1.17 bits per heavy atom. The number of nitrogens with zero attached hydrogens (tertiary/aromatic N) is 3. The molecule has 2 aromatic heterocycles. The molecule has 0 bridgehead atoms. The van der Waals surface area contributed by atoms with Gasteiger partial charge in [-0.15, -0.1) is 0 Å². The summed E-state index contributed by atoms with van der Waals surface area (Å²) in [5.41, 5.74) is 3.38. The molecule has 0 aliphatic heterocycles. The molecule has 2 heterocycles. The van der Waals surface area contributed by atoms with Gasteiger partial charge in [0.25, 0.3) is 0 Å². The summed E-state index contributed by atoms with van der Waals surface area (Å²) in [6.45, 7) is 2.51. The van der Waals surface area contributed by atoms with Crippen molar-refractivity contribution in [2.24, 2.45) is 0 Å². The second-order valence-electron chi connectivity index (χ2n) is 5.40. The van der Waals surface area contributed by atoms with Gasteiger partial charge in [-0.1, -0.05) is 30.3 Å². The Labute approximate surface area is 134 Å². The minimum Gasteiger partial charge on any atom is -0.445 e. The van der Waals surface area contributed by atoms with Crippen molar-refractivity contribution in [3.8, 4) is 0 Å². The van der Waals surface area contributed by atoms with Gasteiger partial charge in [-0.2, -0.15) is 0 Å². The minimum atomic E-state index is -0.390. The van der Waals surface area contributed by atoms with Gasteiger partial charge in [0.1, 0.15) is 12.4 Å². The molecule has 0 aliphatic rings. The van der Waals surface area contributed by atoms with Gasteiger partial charge >= 0.3 is 6.09 Å². The van der Waals surface area contributed by atoms with Gasteiger partial charge in [-0.25, -0.2) is 14.8 Å². The van der Waals surface area contributed by atoms with E-state index in [1.165, 1.54) is 4.90 Å². The molecular formula is C17H18N4O2. The number of hydrogen-bond donors (Lipinski definition) is 1. The largest absolute Gasteiger partial charge is 0.445 e. The number of pyridine rings is 1. The lowest BCUT2D eigenvalue weighted by molar-refractivity contribution is 0.102. The second-order valence-corrected chi connectivity index (χ2v) is 5.40. The van der Waals surface area contributed by atoms with Crippen LogP contribution in [0.2, 0.25) is 0 Å². The molecule has 0 fully saturated rings. The molecule has 1 amide bonds. The number of H-pyrrole nitrogens is 1. The summed E-state index contributed by atoms with van der Waals surface area (Å²) in [4.78, 5) is 25.4. The normalized spacial score (nSPS) is 10.7. The summed E-state index contributed by atoms with van der Waals surface area (Å²) >= 11 is 0. The van der Waals surface area contributed by atoms with Crippen LogP contribution in [0.1, 0.15) is 17.1 Å². The second kappa shape index (κ2) is 6.48. The van der Waals surface area contributed by atoms with Crippen LogP contribution in [0.5, 0.6) is 0 Å². The first-order valence-electron chi connectivity index (χ1n) is 7.36. The van der Waals surface area contributed by atoms with Crippen LogP contribution in [0.4, 0.5) is 4.79 Å². The summed E-state index contributed by atoms with van der Waals surface area (Å²) in [5, 5.41) is 0. The SMILES string of the molecule is Cc1ccc2[nH]c(CN(C)C(=O)OCc3ccccc3)nc2n1.